The molecule has 3 nitrogen and oxygen atoms in total. The van der Waals surface area contributed by atoms with Crippen LogP contribution >= 0.6 is 0 Å². The molecule has 1 spiro atoms. The maximum Gasteiger partial charge on any atom is 0.196 e. The summed E-state index contributed by atoms with van der Waals surface area (Å²) in [6.07, 6.45) is 8.37. The Labute approximate surface area is 101 Å². The Morgan fingerprint density at radius 1 is 1.29 bits per heavy atom. The number of ketones is 1. The Morgan fingerprint density at radius 2 is 2.00 bits per heavy atom. The monoisotopic (exact) mass is 234 g/mol. The number of rotatable bonds is 1. The number of Topliss-reactive ketones (excluding diaryl/α,β-unsaturated/α-hetero) is 1. The van der Waals surface area contributed by atoms with Crippen molar-refractivity contribution in [3.8, 4) is 0 Å². The van der Waals surface area contributed by atoms with Crippen LogP contribution in [-0.2, 0) is 14.3 Å². The molecule has 0 N–H and O–H groups in total. The molecule has 3 fully saturated rings. The molecule has 2 aliphatic carbocycles. The first-order valence-corrected chi connectivity index (χ1v) is 6.76. The van der Waals surface area contributed by atoms with Crippen LogP contribution in [-0.4, -0.2) is 29.7 Å². The second kappa shape index (κ2) is 3.01. The molecule has 4 aliphatic rings. The number of hydrogen-bond acceptors (Lipinski definition) is 3. The third kappa shape index (κ3) is 1.17. The topological polar surface area (TPSA) is 42.1 Å². The molecule has 0 bridgehead atoms. The second-order valence-electron chi connectivity index (χ2n) is 6.05. The number of ether oxygens (including phenoxy) is 2. The minimum absolute atomic E-state index is 0.125. The number of carbonyl (C=O) groups is 1. The largest absolute Gasteiger partial charge is 0.358 e. The van der Waals surface area contributed by atoms with Crippen LogP contribution in [0, 0.1) is 5.92 Å². The maximum absolute atomic E-state index is 12.6. The normalized spacial score (nSPS) is 48.9. The summed E-state index contributed by atoms with van der Waals surface area (Å²) >= 11 is 0. The van der Waals surface area contributed by atoms with E-state index >= 15 is 0 Å². The van der Waals surface area contributed by atoms with Gasteiger partial charge < -0.3 is 9.47 Å². The molecular formula is C14H18O3. The molecule has 2 aliphatic heterocycles. The van der Waals surface area contributed by atoms with Gasteiger partial charge in [-0.15, -0.1) is 0 Å². The van der Waals surface area contributed by atoms with Gasteiger partial charge in [-0.2, -0.15) is 0 Å². The third-order valence-corrected chi connectivity index (χ3v) is 5.10. The summed E-state index contributed by atoms with van der Waals surface area (Å²) in [5.41, 5.74) is 0.0729. The number of hydrogen-bond donors (Lipinski definition) is 0. The van der Waals surface area contributed by atoms with Crippen LogP contribution in [0.15, 0.2) is 11.6 Å². The molecule has 3 heteroatoms. The Balaban J connectivity index is 1.68. The van der Waals surface area contributed by atoms with Crippen molar-refractivity contribution < 1.29 is 14.3 Å². The van der Waals surface area contributed by atoms with Crippen molar-refractivity contribution in [1.29, 1.82) is 0 Å². The molecular weight excluding hydrogens is 216 g/mol. The molecule has 1 saturated carbocycles. The van der Waals surface area contributed by atoms with Gasteiger partial charge >= 0.3 is 0 Å². The molecule has 0 aromatic carbocycles. The first kappa shape index (κ1) is 10.3. The highest BCUT2D eigenvalue weighted by Crippen LogP contribution is 2.59. The smallest absolute Gasteiger partial charge is 0.196 e. The van der Waals surface area contributed by atoms with Gasteiger partial charge in [0.25, 0.3) is 0 Å². The molecule has 3 unspecified atom stereocenters. The highest BCUT2D eigenvalue weighted by atomic mass is 16.7. The van der Waals surface area contributed by atoms with Gasteiger partial charge in [0.15, 0.2) is 11.4 Å². The summed E-state index contributed by atoms with van der Waals surface area (Å²) < 4.78 is 11.2. The Bertz CT molecular complexity index is 415. The van der Waals surface area contributed by atoms with Gasteiger partial charge in [0.05, 0.1) is 6.61 Å². The van der Waals surface area contributed by atoms with Crippen molar-refractivity contribution in [3.05, 3.63) is 11.6 Å². The lowest BCUT2D eigenvalue weighted by atomic mass is 9.72. The van der Waals surface area contributed by atoms with Gasteiger partial charge in [0, 0.05) is 5.57 Å². The van der Waals surface area contributed by atoms with Crippen LogP contribution in [0.2, 0.25) is 0 Å². The Morgan fingerprint density at radius 3 is 2.65 bits per heavy atom. The number of fused-ring (bicyclic) bond motifs is 2. The summed E-state index contributed by atoms with van der Waals surface area (Å²) in [6, 6.07) is 0. The van der Waals surface area contributed by atoms with E-state index in [0.717, 1.165) is 18.4 Å². The van der Waals surface area contributed by atoms with Gasteiger partial charge in [-0.05, 0) is 31.8 Å². The van der Waals surface area contributed by atoms with E-state index in [1.807, 2.05) is 6.92 Å². The van der Waals surface area contributed by atoms with Crippen LogP contribution in [0.25, 0.3) is 0 Å². The van der Waals surface area contributed by atoms with Gasteiger partial charge in [-0.1, -0.05) is 19.3 Å². The second-order valence-corrected chi connectivity index (χ2v) is 6.05. The fourth-order valence-corrected chi connectivity index (χ4v) is 3.67. The van der Waals surface area contributed by atoms with Crippen LogP contribution in [0.5, 0.6) is 0 Å². The summed E-state index contributed by atoms with van der Waals surface area (Å²) in [6.45, 7) is 2.57. The lowest BCUT2D eigenvalue weighted by Gasteiger charge is -2.28. The summed E-state index contributed by atoms with van der Waals surface area (Å²) in [5, 5.41) is 0. The Hall–Kier alpha value is -0.670. The standard InChI is InChI=1S/C14H18O3/c1-13-11(17-13)7-10(9-5-3-2-4-6-9)12(15)14(13)8-16-14/h7,9,11H,2-6,8H2,1H3. The zero-order chi connectivity index (χ0) is 11.7. The third-order valence-electron chi connectivity index (χ3n) is 5.10. The van der Waals surface area contributed by atoms with E-state index < -0.39 is 5.60 Å². The fraction of sp³-hybridized carbons (Fsp3) is 0.786. The van der Waals surface area contributed by atoms with Gasteiger partial charge in [0.1, 0.15) is 11.7 Å². The minimum atomic E-state index is -0.598. The molecule has 4 rings (SSSR count). The van der Waals surface area contributed by atoms with Crippen molar-refractivity contribution in [2.75, 3.05) is 6.61 Å². The number of epoxide rings is 2. The molecule has 0 radical (unpaired) electrons. The highest BCUT2D eigenvalue weighted by Gasteiger charge is 2.78. The average molecular weight is 234 g/mol. The summed E-state index contributed by atoms with van der Waals surface area (Å²) in [5.74, 6) is 0.687. The van der Waals surface area contributed by atoms with E-state index in [1.165, 1.54) is 19.3 Å². The van der Waals surface area contributed by atoms with E-state index in [1.54, 1.807) is 0 Å². The summed E-state index contributed by atoms with van der Waals surface area (Å²) in [4.78, 5) is 12.6. The first-order chi connectivity index (χ1) is 8.17. The predicted molar refractivity (Wildman–Crippen MR) is 61.6 cm³/mol. The maximum atomic E-state index is 12.6. The van der Waals surface area contributed by atoms with Gasteiger partial charge in [-0.3, -0.25) is 4.79 Å². The fourth-order valence-electron chi connectivity index (χ4n) is 3.67. The lowest BCUT2D eigenvalue weighted by molar-refractivity contribution is -0.123. The van der Waals surface area contributed by atoms with Crippen LogP contribution < -0.4 is 0 Å². The molecule has 2 heterocycles. The van der Waals surface area contributed by atoms with E-state index in [4.69, 9.17) is 9.47 Å². The first-order valence-electron chi connectivity index (χ1n) is 6.76. The zero-order valence-electron chi connectivity index (χ0n) is 10.2. The lowest BCUT2D eigenvalue weighted by Crippen LogP contribution is -2.45. The van der Waals surface area contributed by atoms with E-state index in [9.17, 15) is 4.79 Å². The molecule has 0 aromatic rings. The van der Waals surface area contributed by atoms with E-state index in [-0.39, 0.29) is 17.5 Å². The van der Waals surface area contributed by atoms with Crippen molar-refractivity contribution >= 4 is 5.78 Å². The van der Waals surface area contributed by atoms with Crippen molar-refractivity contribution in [2.24, 2.45) is 5.92 Å². The summed E-state index contributed by atoms with van der Waals surface area (Å²) in [7, 11) is 0. The van der Waals surface area contributed by atoms with Crippen molar-refractivity contribution in [3.63, 3.8) is 0 Å². The molecule has 17 heavy (non-hydrogen) atoms. The quantitative estimate of drug-likeness (QED) is 0.652. The van der Waals surface area contributed by atoms with E-state index in [2.05, 4.69) is 6.08 Å². The molecule has 0 aromatic heterocycles. The SMILES string of the molecule is CC12OC1C=C(C1CCCCC1)C(=O)C21CO1. The molecule has 0 amide bonds. The number of carbonyl (C=O) groups excluding carboxylic acids is 1. The van der Waals surface area contributed by atoms with Gasteiger partial charge in [0.2, 0.25) is 0 Å². The molecule has 2 saturated heterocycles. The van der Waals surface area contributed by atoms with Crippen LogP contribution in [0.3, 0.4) is 0 Å². The highest BCUT2D eigenvalue weighted by molar-refractivity contribution is 6.07. The minimum Gasteiger partial charge on any atom is -0.358 e. The van der Waals surface area contributed by atoms with Gasteiger partial charge in [-0.25, -0.2) is 0 Å². The van der Waals surface area contributed by atoms with Crippen LogP contribution in [0.4, 0.5) is 0 Å². The van der Waals surface area contributed by atoms with E-state index in [0.29, 0.717) is 12.5 Å². The molecule has 3 atom stereocenters. The van der Waals surface area contributed by atoms with Crippen molar-refractivity contribution in [1.82, 2.24) is 0 Å². The van der Waals surface area contributed by atoms with Crippen molar-refractivity contribution in [2.45, 2.75) is 56.3 Å². The molecule has 92 valence electrons. The Kier molecular flexibility index (Phi) is 1.82. The predicted octanol–water partition coefficient (Wildman–Crippen LogP) is 2.00. The zero-order valence-corrected chi connectivity index (χ0v) is 10.2. The van der Waals surface area contributed by atoms with Crippen LogP contribution in [0.1, 0.15) is 39.0 Å². The average Bonchev–Trinajstić information content (AvgIpc) is 3.22.